The van der Waals surface area contributed by atoms with Gasteiger partial charge >= 0.3 is 5.97 Å². The largest absolute Gasteiger partial charge is 0.480 e. The molecular weight excluding hydrogens is 130 g/mol. The maximum absolute atomic E-state index is 10.4. The van der Waals surface area contributed by atoms with Gasteiger partial charge in [-0.2, -0.15) is 0 Å². The highest BCUT2D eigenvalue weighted by Crippen LogP contribution is 2.18. The molecule has 2 N–H and O–H groups in total. The zero-order valence-corrected chi connectivity index (χ0v) is 6.29. The average molecular weight is 143 g/mol. The van der Waals surface area contributed by atoms with Crippen molar-refractivity contribution in [3.63, 3.8) is 0 Å². The molecule has 10 heavy (non-hydrogen) atoms. The van der Waals surface area contributed by atoms with Gasteiger partial charge in [0.1, 0.15) is 6.04 Å². The van der Waals surface area contributed by atoms with E-state index in [2.05, 4.69) is 12.2 Å². The van der Waals surface area contributed by atoms with Gasteiger partial charge in [0.2, 0.25) is 0 Å². The second-order valence-electron chi connectivity index (χ2n) is 3.06. The Morgan fingerprint density at radius 3 is 2.40 bits per heavy atom. The quantitative estimate of drug-likeness (QED) is 0.560. The average Bonchev–Trinajstić information content (AvgIpc) is 2.13. The number of rotatable bonds is 1. The zero-order chi connectivity index (χ0) is 7.72. The second-order valence-corrected chi connectivity index (χ2v) is 3.06. The fourth-order valence-corrected chi connectivity index (χ4v) is 1.30. The molecule has 0 aromatic rings. The topological polar surface area (TPSA) is 49.3 Å². The summed E-state index contributed by atoms with van der Waals surface area (Å²) in [4.78, 5) is 10.4. The number of hydrogen-bond acceptors (Lipinski definition) is 2. The van der Waals surface area contributed by atoms with Gasteiger partial charge in [-0.25, -0.2) is 0 Å². The zero-order valence-electron chi connectivity index (χ0n) is 6.29. The molecule has 0 spiro atoms. The Hall–Kier alpha value is -0.570. The van der Waals surface area contributed by atoms with E-state index in [4.69, 9.17) is 5.11 Å². The lowest BCUT2D eigenvalue weighted by Crippen LogP contribution is -2.34. The van der Waals surface area contributed by atoms with Crippen molar-refractivity contribution in [1.29, 1.82) is 0 Å². The molecule has 0 radical (unpaired) electrons. The third-order valence-electron chi connectivity index (χ3n) is 2.22. The van der Waals surface area contributed by atoms with Gasteiger partial charge in [0.15, 0.2) is 0 Å². The van der Waals surface area contributed by atoms with Crippen molar-refractivity contribution in [3.05, 3.63) is 0 Å². The maximum atomic E-state index is 10.4. The molecular formula is C7H13NO2. The van der Waals surface area contributed by atoms with Gasteiger partial charge in [-0.3, -0.25) is 4.79 Å². The fraction of sp³-hybridized carbons (Fsp3) is 0.857. The van der Waals surface area contributed by atoms with Gasteiger partial charge in [-0.05, 0) is 19.3 Å². The van der Waals surface area contributed by atoms with Gasteiger partial charge in [0.05, 0.1) is 0 Å². The highest BCUT2D eigenvalue weighted by atomic mass is 16.4. The lowest BCUT2D eigenvalue weighted by atomic mass is 10.0. The van der Waals surface area contributed by atoms with Crippen LogP contribution in [0.2, 0.25) is 0 Å². The van der Waals surface area contributed by atoms with E-state index in [9.17, 15) is 4.79 Å². The summed E-state index contributed by atoms with van der Waals surface area (Å²) in [5.74, 6) is -0.239. The van der Waals surface area contributed by atoms with Gasteiger partial charge in [-0.1, -0.05) is 6.92 Å². The molecule has 1 rings (SSSR count). The van der Waals surface area contributed by atoms with E-state index in [0.29, 0.717) is 12.0 Å². The summed E-state index contributed by atoms with van der Waals surface area (Å²) in [7, 11) is 0. The Labute approximate surface area is 60.4 Å². The first-order valence-corrected chi connectivity index (χ1v) is 3.60. The Morgan fingerprint density at radius 1 is 1.60 bits per heavy atom. The minimum atomic E-state index is -0.726. The number of nitrogens with one attached hydrogen (secondary N) is 1. The summed E-state index contributed by atoms with van der Waals surface area (Å²) in [6, 6.07) is 0.0334. The fourth-order valence-electron chi connectivity index (χ4n) is 1.30. The van der Waals surface area contributed by atoms with Crippen LogP contribution in [0, 0.1) is 5.92 Å². The number of carbonyl (C=O) groups is 1. The van der Waals surface area contributed by atoms with Crippen molar-refractivity contribution in [2.45, 2.75) is 32.4 Å². The van der Waals surface area contributed by atoms with Crippen LogP contribution in [-0.4, -0.2) is 23.2 Å². The van der Waals surface area contributed by atoms with Crippen LogP contribution in [-0.2, 0) is 4.79 Å². The lowest BCUT2D eigenvalue weighted by molar-refractivity contribution is -0.139. The predicted molar refractivity (Wildman–Crippen MR) is 37.8 cm³/mol. The molecule has 0 amide bonds. The number of carboxylic acid groups (broad SMARTS) is 1. The number of carboxylic acids is 1. The molecule has 1 fully saturated rings. The standard InChI is InChI=1S/C7H13NO2/c1-4-3-6(7(9)10)8-5(4)2/h4-6,8H,3H2,1-2H3,(H,9,10). The minimum absolute atomic E-state index is 0.315. The summed E-state index contributed by atoms with van der Waals surface area (Å²) >= 11 is 0. The van der Waals surface area contributed by atoms with Gasteiger partial charge in [-0.15, -0.1) is 0 Å². The Balaban J connectivity index is 2.49. The summed E-state index contributed by atoms with van der Waals surface area (Å²) in [6.07, 6.45) is 0.760. The van der Waals surface area contributed by atoms with Crippen LogP contribution in [0.1, 0.15) is 20.3 Å². The molecule has 1 saturated heterocycles. The molecule has 0 aliphatic carbocycles. The van der Waals surface area contributed by atoms with Gasteiger partial charge in [0, 0.05) is 6.04 Å². The van der Waals surface area contributed by atoms with Crippen LogP contribution < -0.4 is 5.32 Å². The third-order valence-corrected chi connectivity index (χ3v) is 2.22. The summed E-state index contributed by atoms with van der Waals surface area (Å²) in [6.45, 7) is 4.09. The molecule has 1 aliphatic heterocycles. The van der Waals surface area contributed by atoms with E-state index >= 15 is 0 Å². The summed E-state index contributed by atoms with van der Waals surface area (Å²) in [5, 5.41) is 11.6. The van der Waals surface area contributed by atoms with E-state index in [1.807, 2.05) is 6.92 Å². The number of hydrogen-bond donors (Lipinski definition) is 2. The van der Waals surface area contributed by atoms with Crippen LogP contribution in [0.5, 0.6) is 0 Å². The van der Waals surface area contributed by atoms with E-state index in [0.717, 1.165) is 6.42 Å². The van der Waals surface area contributed by atoms with E-state index in [1.54, 1.807) is 0 Å². The second kappa shape index (κ2) is 2.58. The van der Waals surface area contributed by atoms with Crippen LogP contribution >= 0.6 is 0 Å². The molecule has 3 heteroatoms. The van der Waals surface area contributed by atoms with Crippen molar-refractivity contribution in [2.75, 3.05) is 0 Å². The monoisotopic (exact) mass is 143 g/mol. The highest BCUT2D eigenvalue weighted by Gasteiger charge is 2.31. The number of aliphatic carboxylic acids is 1. The highest BCUT2D eigenvalue weighted by molar-refractivity contribution is 5.73. The van der Waals surface area contributed by atoms with Gasteiger partial charge in [0.25, 0.3) is 0 Å². The van der Waals surface area contributed by atoms with E-state index in [-0.39, 0.29) is 6.04 Å². The van der Waals surface area contributed by atoms with Crippen molar-refractivity contribution >= 4 is 5.97 Å². The van der Waals surface area contributed by atoms with Crippen molar-refractivity contribution in [1.82, 2.24) is 5.32 Å². The molecule has 0 aromatic carbocycles. The molecule has 3 atom stereocenters. The molecule has 1 aliphatic rings. The molecule has 58 valence electrons. The third kappa shape index (κ3) is 1.29. The van der Waals surface area contributed by atoms with Gasteiger partial charge < -0.3 is 10.4 Å². The SMILES string of the molecule is CC1CC(C(=O)O)NC1C. The van der Waals surface area contributed by atoms with Crippen LogP contribution in [0.25, 0.3) is 0 Å². The van der Waals surface area contributed by atoms with Crippen LogP contribution in [0.15, 0.2) is 0 Å². The van der Waals surface area contributed by atoms with Crippen molar-refractivity contribution < 1.29 is 9.90 Å². The van der Waals surface area contributed by atoms with E-state index in [1.165, 1.54) is 0 Å². The molecule has 0 aromatic heterocycles. The lowest BCUT2D eigenvalue weighted by Gasteiger charge is -2.06. The first-order chi connectivity index (χ1) is 4.61. The van der Waals surface area contributed by atoms with Crippen LogP contribution in [0.3, 0.4) is 0 Å². The summed E-state index contributed by atoms with van der Waals surface area (Å²) in [5.41, 5.74) is 0. The smallest absolute Gasteiger partial charge is 0.320 e. The van der Waals surface area contributed by atoms with E-state index < -0.39 is 5.97 Å². The minimum Gasteiger partial charge on any atom is -0.480 e. The Bertz CT molecular complexity index is 137. The molecule has 3 unspecified atom stereocenters. The first-order valence-electron chi connectivity index (χ1n) is 3.60. The molecule has 3 nitrogen and oxygen atoms in total. The molecule has 1 heterocycles. The normalized spacial score (nSPS) is 40.0. The predicted octanol–water partition coefficient (Wildman–Crippen LogP) is 0.457. The Kier molecular flexibility index (Phi) is 1.94. The molecule has 0 bridgehead atoms. The van der Waals surface area contributed by atoms with Crippen LogP contribution in [0.4, 0.5) is 0 Å². The molecule has 0 saturated carbocycles. The first kappa shape index (κ1) is 7.54. The van der Waals surface area contributed by atoms with Crippen molar-refractivity contribution in [2.24, 2.45) is 5.92 Å². The summed E-state index contributed by atoms with van der Waals surface area (Å²) < 4.78 is 0. The Morgan fingerprint density at radius 2 is 2.20 bits per heavy atom. The maximum Gasteiger partial charge on any atom is 0.320 e. The van der Waals surface area contributed by atoms with Crippen molar-refractivity contribution in [3.8, 4) is 0 Å².